The number of amides is 1. The van der Waals surface area contributed by atoms with Crippen molar-refractivity contribution in [1.82, 2.24) is 10.3 Å². The number of nitrogens with zero attached hydrogens (tertiary/aromatic N) is 1. The van der Waals surface area contributed by atoms with E-state index in [1.165, 1.54) is 0 Å². The van der Waals surface area contributed by atoms with Gasteiger partial charge >= 0.3 is 6.09 Å². The summed E-state index contributed by atoms with van der Waals surface area (Å²) in [4.78, 5) is 16.3. The van der Waals surface area contributed by atoms with Crippen LogP contribution in [0.4, 0.5) is 9.18 Å². The zero-order valence-electron chi connectivity index (χ0n) is 13.9. The Labute approximate surface area is 145 Å². The van der Waals surface area contributed by atoms with Gasteiger partial charge in [-0.05, 0) is 26.8 Å². The third-order valence-electron chi connectivity index (χ3n) is 3.49. The largest absolute Gasteiger partial charge is 0.444 e. The molecule has 3 atom stereocenters. The molecule has 8 heteroatoms. The highest BCUT2D eigenvalue weighted by Gasteiger charge is 2.38. The molecule has 1 aliphatic rings. The molecule has 2 rings (SSSR count). The maximum atomic E-state index is 14.4. The number of fused-ring (bicyclic) bond motifs is 1. The molecule has 0 radical (unpaired) electrons. The number of carbonyl (C=O) groups is 1. The highest BCUT2D eigenvalue weighted by Crippen LogP contribution is 2.33. The second-order valence-corrected chi connectivity index (χ2v) is 6.98. The van der Waals surface area contributed by atoms with Crippen LogP contribution in [0.15, 0.2) is 12.1 Å². The molecular weight excluding hydrogens is 339 g/mol. The molecule has 0 unspecified atom stereocenters. The summed E-state index contributed by atoms with van der Waals surface area (Å²) in [6.07, 6.45) is -3.16. The first-order valence-corrected chi connectivity index (χ1v) is 8.10. The first kappa shape index (κ1) is 18.9. The second kappa shape index (κ2) is 7.63. The number of pyridine rings is 1. The van der Waals surface area contributed by atoms with Gasteiger partial charge < -0.3 is 19.9 Å². The number of rotatable bonds is 4. The van der Waals surface area contributed by atoms with Gasteiger partial charge in [-0.3, -0.25) is 0 Å². The molecule has 24 heavy (non-hydrogen) atoms. The summed E-state index contributed by atoms with van der Waals surface area (Å²) < 4.78 is 25.2. The Kier molecular flexibility index (Phi) is 6.01. The zero-order valence-corrected chi connectivity index (χ0v) is 14.6. The molecule has 0 saturated carbocycles. The Hall–Kier alpha value is -1.44. The summed E-state index contributed by atoms with van der Waals surface area (Å²) in [5, 5.41) is 11.9. The number of halogens is 2. The lowest BCUT2D eigenvalue weighted by atomic mass is 9.93. The van der Waals surface area contributed by atoms with E-state index < -0.39 is 30.0 Å². The van der Waals surface area contributed by atoms with E-state index in [1.807, 2.05) is 0 Å². The molecule has 0 spiro atoms. The van der Waals surface area contributed by atoms with Gasteiger partial charge in [0.2, 0.25) is 0 Å². The van der Waals surface area contributed by atoms with Crippen molar-refractivity contribution in [3.05, 3.63) is 28.5 Å². The van der Waals surface area contributed by atoms with Gasteiger partial charge in [0.05, 0.1) is 18.3 Å². The van der Waals surface area contributed by atoms with Crippen molar-refractivity contribution in [2.75, 3.05) is 6.61 Å². The maximum absolute atomic E-state index is 14.4. The van der Waals surface area contributed by atoms with Crippen molar-refractivity contribution in [1.29, 1.82) is 0 Å². The first-order chi connectivity index (χ1) is 11.2. The molecule has 0 fully saturated rings. The quantitative estimate of drug-likeness (QED) is 0.807. The summed E-state index contributed by atoms with van der Waals surface area (Å²) in [7, 11) is 0. The van der Waals surface area contributed by atoms with Gasteiger partial charge in [-0.2, -0.15) is 0 Å². The van der Waals surface area contributed by atoms with E-state index in [2.05, 4.69) is 10.3 Å². The number of carbonyl (C=O) groups excluding carboxylic acids is 1. The van der Waals surface area contributed by atoms with Crippen LogP contribution in [0.25, 0.3) is 0 Å². The van der Waals surface area contributed by atoms with Gasteiger partial charge in [-0.1, -0.05) is 17.7 Å². The number of aliphatic hydroxyl groups is 1. The van der Waals surface area contributed by atoms with Crippen molar-refractivity contribution in [2.45, 2.75) is 57.7 Å². The van der Waals surface area contributed by atoms with Gasteiger partial charge in [0.15, 0.2) is 0 Å². The topological polar surface area (TPSA) is 80.7 Å². The number of hydrogen-bond donors (Lipinski definition) is 2. The third-order valence-corrected chi connectivity index (χ3v) is 3.70. The summed E-state index contributed by atoms with van der Waals surface area (Å²) in [5.74, 6) is 0. The third kappa shape index (κ3) is 4.78. The van der Waals surface area contributed by atoms with Crippen molar-refractivity contribution >= 4 is 17.7 Å². The summed E-state index contributed by atoms with van der Waals surface area (Å²) in [5.41, 5.74) is 0.481. The molecule has 0 saturated heterocycles. The van der Waals surface area contributed by atoms with Gasteiger partial charge in [-0.25, -0.2) is 14.2 Å². The lowest BCUT2D eigenvalue weighted by Crippen LogP contribution is -2.46. The van der Waals surface area contributed by atoms with Crippen molar-refractivity contribution < 1.29 is 23.8 Å². The van der Waals surface area contributed by atoms with Gasteiger partial charge in [-0.15, -0.1) is 0 Å². The molecule has 0 aliphatic carbocycles. The molecule has 1 amide bonds. The van der Waals surface area contributed by atoms with E-state index in [0.29, 0.717) is 16.4 Å². The van der Waals surface area contributed by atoms with Crippen LogP contribution < -0.4 is 5.32 Å². The molecule has 6 nitrogen and oxygen atoms in total. The zero-order chi connectivity index (χ0) is 17.9. The number of ether oxygens (including phenoxy) is 2. The normalized spacial score (nSPS) is 21.8. The van der Waals surface area contributed by atoms with Crippen molar-refractivity contribution in [3.63, 3.8) is 0 Å². The molecule has 1 aliphatic heterocycles. The standard InChI is InChI=1S/C16H22ClFN2O4/c1-16(2,3)24-15(22)20-13-9-4-5-12(17)19-11(9)8-23-14(13)10(18)6-7-21/h4-5,10,13-14,21H,6-8H2,1-3H3,(H,20,22)/t10-,13-,14-/m0/s1. The van der Waals surface area contributed by atoms with Crippen LogP contribution in [0.3, 0.4) is 0 Å². The Morgan fingerprint density at radius 1 is 1.58 bits per heavy atom. The van der Waals surface area contributed by atoms with Gasteiger partial charge in [0.1, 0.15) is 23.0 Å². The Morgan fingerprint density at radius 3 is 2.92 bits per heavy atom. The number of hydrogen-bond acceptors (Lipinski definition) is 5. The number of alkyl carbamates (subject to hydrolysis) is 1. The SMILES string of the molecule is CC(C)(C)OC(=O)N[C@H]1c2ccc(Cl)nc2CO[C@H]1[C@@H](F)CCO. The van der Waals surface area contributed by atoms with E-state index in [9.17, 15) is 9.18 Å². The Bertz CT molecular complexity index is 594. The van der Waals surface area contributed by atoms with Crippen LogP contribution in [-0.4, -0.2) is 40.7 Å². The maximum Gasteiger partial charge on any atom is 0.408 e. The lowest BCUT2D eigenvalue weighted by molar-refractivity contribution is -0.0560. The average molecular weight is 361 g/mol. The van der Waals surface area contributed by atoms with Crippen LogP contribution in [0.2, 0.25) is 5.15 Å². The average Bonchev–Trinajstić information content (AvgIpc) is 2.45. The summed E-state index contributed by atoms with van der Waals surface area (Å²) >= 11 is 5.88. The van der Waals surface area contributed by atoms with Crippen LogP contribution >= 0.6 is 11.6 Å². The van der Waals surface area contributed by atoms with Gasteiger partial charge in [0.25, 0.3) is 0 Å². The fraction of sp³-hybridized carbons (Fsp3) is 0.625. The van der Waals surface area contributed by atoms with E-state index >= 15 is 0 Å². The van der Waals surface area contributed by atoms with Crippen LogP contribution in [0.1, 0.15) is 44.5 Å². The molecule has 0 bridgehead atoms. The molecule has 2 N–H and O–H groups in total. The molecule has 134 valence electrons. The lowest BCUT2D eigenvalue weighted by Gasteiger charge is -2.35. The predicted octanol–water partition coefficient (Wildman–Crippen LogP) is 2.92. The number of alkyl halides is 1. The number of aliphatic hydroxyl groups excluding tert-OH is 1. The molecule has 1 aromatic rings. The monoisotopic (exact) mass is 360 g/mol. The summed E-state index contributed by atoms with van der Waals surface area (Å²) in [6, 6.07) is 2.48. The highest BCUT2D eigenvalue weighted by molar-refractivity contribution is 6.29. The molecule has 1 aromatic heterocycles. The minimum absolute atomic E-state index is 0.0822. The van der Waals surface area contributed by atoms with Crippen molar-refractivity contribution in [2.24, 2.45) is 0 Å². The van der Waals surface area contributed by atoms with E-state index in [4.69, 9.17) is 26.2 Å². The van der Waals surface area contributed by atoms with Gasteiger partial charge in [0, 0.05) is 18.6 Å². The second-order valence-electron chi connectivity index (χ2n) is 6.60. The van der Waals surface area contributed by atoms with E-state index in [-0.39, 0.29) is 19.6 Å². The number of aromatic nitrogens is 1. The Balaban J connectivity index is 2.27. The van der Waals surface area contributed by atoms with Crippen LogP contribution in [-0.2, 0) is 16.1 Å². The Morgan fingerprint density at radius 2 is 2.29 bits per heavy atom. The minimum Gasteiger partial charge on any atom is -0.444 e. The van der Waals surface area contributed by atoms with E-state index in [0.717, 1.165) is 0 Å². The molecule has 0 aromatic carbocycles. The highest BCUT2D eigenvalue weighted by atomic mass is 35.5. The van der Waals surface area contributed by atoms with Crippen LogP contribution in [0.5, 0.6) is 0 Å². The minimum atomic E-state index is -1.45. The molecule has 2 heterocycles. The fourth-order valence-corrected chi connectivity index (χ4v) is 2.69. The fourth-order valence-electron chi connectivity index (χ4n) is 2.53. The van der Waals surface area contributed by atoms with Crippen molar-refractivity contribution in [3.8, 4) is 0 Å². The first-order valence-electron chi connectivity index (χ1n) is 7.72. The number of nitrogens with one attached hydrogen (secondary N) is 1. The molecular formula is C16H22ClFN2O4. The van der Waals surface area contributed by atoms with E-state index in [1.54, 1.807) is 32.9 Å². The predicted molar refractivity (Wildman–Crippen MR) is 86.5 cm³/mol. The smallest absolute Gasteiger partial charge is 0.408 e. The van der Waals surface area contributed by atoms with Crippen LogP contribution in [0, 0.1) is 0 Å². The summed E-state index contributed by atoms with van der Waals surface area (Å²) in [6.45, 7) is 4.98.